The Kier molecular flexibility index (Phi) is 6.41. The molecule has 0 saturated carbocycles. The molecule has 1 aromatic rings. The van der Waals surface area contributed by atoms with Crippen molar-refractivity contribution in [2.24, 2.45) is 0 Å². The quantitative estimate of drug-likeness (QED) is 0.564. The van der Waals surface area contributed by atoms with Crippen LogP contribution in [0.2, 0.25) is 0 Å². The summed E-state index contributed by atoms with van der Waals surface area (Å²) in [6.45, 7) is 4.57. The lowest BCUT2D eigenvalue weighted by molar-refractivity contribution is -0.384. The van der Waals surface area contributed by atoms with E-state index in [0.29, 0.717) is 24.3 Å². The number of nitro benzene ring substituents is 1. The highest BCUT2D eigenvalue weighted by molar-refractivity contribution is 5.64. The first-order valence-corrected chi connectivity index (χ1v) is 6.83. The molecule has 0 radical (unpaired) electrons. The van der Waals surface area contributed by atoms with Gasteiger partial charge in [0.2, 0.25) is 0 Å². The molecule has 0 aliphatic rings. The lowest BCUT2D eigenvalue weighted by atomic mass is 10.1. The van der Waals surface area contributed by atoms with Crippen LogP contribution in [0.5, 0.6) is 0 Å². The molecular formula is C14H22N2O4. The second kappa shape index (κ2) is 7.81. The molecule has 0 amide bonds. The molecular weight excluding hydrogens is 260 g/mol. The molecule has 0 spiro atoms. The Balaban J connectivity index is 3.15. The van der Waals surface area contributed by atoms with Gasteiger partial charge in [-0.25, -0.2) is 0 Å². The van der Waals surface area contributed by atoms with Gasteiger partial charge in [-0.2, -0.15) is 0 Å². The van der Waals surface area contributed by atoms with Crippen molar-refractivity contribution in [2.45, 2.75) is 32.8 Å². The van der Waals surface area contributed by atoms with Gasteiger partial charge < -0.3 is 15.1 Å². The highest BCUT2D eigenvalue weighted by Crippen LogP contribution is 2.31. The standard InChI is InChI=1S/C14H22N2O4/c1-3-4-7-15(8-9-17)13-6-5-12(11(2)18)10-14(13)16(19)20/h5-6,10-11,17-18H,3-4,7-9H2,1-2H3. The smallest absolute Gasteiger partial charge is 0.292 e. The first kappa shape index (κ1) is 16.4. The van der Waals surface area contributed by atoms with Crippen LogP contribution in [0.3, 0.4) is 0 Å². The van der Waals surface area contributed by atoms with E-state index in [1.807, 2.05) is 11.8 Å². The van der Waals surface area contributed by atoms with Crippen LogP contribution in [0.1, 0.15) is 38.4 Å². The van der Waals surface area contributed by atoms with Gasteiger partial charge >= 0.3 is 0 Å². The number of hydrogen-bond donors (Lipinski definition) is 2. The highest BCUT2D eigenvalue weighted by atomic mass is 16.6. The largest absolute Gasteiger partial charge is 0.395 e. The monoisotopic (exact) mass is 282 g/mol. The summed E-state index contributed by atoms with van der Waals surface area (Å²) in [6, 6.07) is 4.73. The van der Waals surface area contributed by atoms with Crippen LogP contribution in [-0.4, -0.2) is 34.8 Å². The third kappa shape index (κ3) is 4.18. The fourth-order valence-corrected chi connectivity index (χ4v) is 2.04. The van der Waals surface area contributed by atoms with Gasteiger partial charge in [-0.05, 0) is 25.0 Å². The number of aliphatic hydroxyl groups is 2. The molecule has 1 aromatic carbocycles. The van der Waals surface area contributed by atoms with E-state index in [4.69, 9.17) is 5.11 Å². The number of unbranched alkanes of at least 4 members (excludes halogenated alkanes) is 1. The summed E-state index contributed by atoms with van der Waals surface area (Å²) in [5.41, 5.74) is 0.967. The number of nitro groups is 1. The minimum Gasteiger partial charge on any atom is -0.395 e. The Labute approximate surface area is 118 Å². The maximum absolute atomic E-state index is 11.2. The molecule has 0 heterocycles. The van der Waals surface area contributed by atoms with Crippen molar-refractivity contribution in [3.63, 3.8) is 0 Å². The molecule has 0 aromatic heterocycles. The molecule has 6 nitrogen and oxygen atoms in total. The minimum atomic E-state index is -0.746. The minimum absolute atomic E-state index is 0.0343. The van der Waals surface area contributed by atoms with Crippen LogP contribution in [0.15, 0.2) is 18.2 Å². The van der Waals surface area contributed by atoms with E-state index in [-0.39, 0.29) is 12.3 Å². The van der Waals surface area contributed by atoms with Crippen molar-refractivity contribution >= 4 is 11.4 Å². The Morgan fingerprint density at radius 1 is 1.40 bits per heavy atom. The molecule has 112 valence electrons. The van der Waals surface area contributed by atoms with Crippen LogP contribution in [0, 0.1) is 10.1 Å². The fraction of sp³-hybridized carbons (Fsp3) is 0.571. The predicted octanol–water partition coefficient (Wildman–Crippen LogP) is 2.25. The van der Waals surface area contributed by atoms with Gasteiger partial charge in [0.05, 0.1) is 17.6 Å². The Bertz CT molecular complexity index is 449. The number of hydrogen-bond acceptors (Lipinski definition) is 5. The van der Waals surface area contributed by atoms with E-state index in [0.717, 1.165) is 12.8 Å². The molecule has 0 fully saturated rings. The summed E-state index contributed by atoms with van der Waals surface area (Å²) >= 11 is 0. The van der Waals surface area contributed by atoms with Crippen LogP contribution in [-0.2, 0) is 0 Å². The molecule has 0 saturated heterocycles. The zero-order valence-corrected chi connectivity index (χ0v) is 12.0. The fourth-order valence-electron chi connectivity index (χ4n) is 2.04. The first-order valence-electron chi connectivity index (χ1n) is 6.83. The Morgan fingerprint density at radius 3 is 2.60 bits per heavy atom. The molecule has 6 heteroatoms. The first-order chi connectivity index (χ1) is 9.51. The zero-order valence-electron chi connectivity index (χ0n) is 12.0. The maximum atomic E-state index is 11.2. The summed E-state index contributed by atoms with van der Waals surface area (Å²) in [5.74, 6) is 0. The molecule has 1 unspecified atom stereocenters. The predicted molar refractivity (Wildman–Crippen MR) is 77.9 cm³/mol. The van der Waals surface area contributed by atoms with Crippen molar-refractivity contribution < 1.29 is 15.1 Å². The summed E-state index contributed by atoms with van der Waals surface area (Å²) < 4.78 is 0. The molecule has 1 rings (SSSR count). The van der Waals surface area contributed by atoms with Gasteiger partial charge in [-0.3, -0.25) is 10.1 Å². The van der Waals surface area contributed by atoms with E-state index in [2.05, 4.69) is 0 Å². The van der Waals surface area contributed by atoms with Gasteiger partial charge in [-0.1, -0.05) is 19.4 Å². The molecule has 1 atom stereocenters. The van der Waals surface area contributed by atoms with Crippen molar-refractivity contribution in [3.05, 3.63) is 33.9 Å². The average Bonchev–Trinajstić information content (AvgIpc) is 2.42. The lowest BCUT2D eigenvalue weighted by Gasteiger charge is -2.24. The third-order valence-electron chi connectivity index (χ3n) is 3.17. The molecule has 20 heavy (non-hydrogen) atoms. The van der Waals surface area contributed by atoms with E-state index >= 15 is 0 Å². The van der Waals surface area contributed by atoms with Crippen molar-refractivity contribution in [1.29, 1.82) is 0 Å². The maximum Gasteiger partial charge on any atom is 0.292 e. The van der Waals surface area contributed by atoms with Gasteiger partial charge in [0, 0.05) is 19.2 Å². The molecule has 0 bridgehead atoms. The summed E-state index contributed by atoms with van der Waals surface area (Å²) in [6.07, 6.45) is 1.13. The number of anilines is 1. The number of aliphatic hydroxyl groups excluding tert-OH is 2. The summed E-state index contributed by atoms with van der Waals surface area (Å²) in [5, 5.41) is 29.9. The van der Waals surface area contributed by atoms with Crippen molar-refractivity contribution in [2.75, 3.05) is 24.6 Å². The van der Waals surface area contributed by atoms with E-state index in [9.17, 15) is 15.2 Å². The van der Waals surface area contributed by atoms with E-state index in [1.165, 1.54) is 6.07 Å². The van der Waals surface area contributed by atoms with E-state index < -0.39 is 11.0 Å². The molecule has 0 aliphatic carbocycles. The van der Waals surface area contributed by atoms with Gasteiger partial charge in [-0.15, -0.1) is 0 Å². The lowest BCUT2D eigenvalue weighted by Crippen LogP contribution is -2.28. The third-order valence-corrected chi connectivity index (χ3v) is 3.17. The summed E-state index contributed by atoms with van der Waals surface area (Å²) in [4.78, 5) is 12.6. The van der Waals surface area contributed by atoms with Gasteiger partial charge in [0.1, 0.15) is 5.69 Å². The van der Waals surface area contributed by atoms with Crippen molar-refractivity contribution in [1.82, 2.24) is 0 Å². The second-order valence-electron chi connectivity index (χ2n) is 4.75. The van der Waals surface area contributed by atoms with Gasteiger partial charge in [0.25, 0.3) is 5.69 Å². The van der Waals surface area contributed by atoms with Crippen molar-refractivity contribution in [3.8, 4) is 0 Å². The normalized spacial score (nSPS) is 12.2. The van der Waals surface area contributed by atoms with Gasteiger partial charge in [0.15, 0.2) is 0 Å². The molecule has 0 aliphatic heterocycles. The second-order valence-corrected chi connectivity index (χ2v) is 4.75. The highest BCUT2D eigenvalue weighted by Gasteiger charge is 2.20. The Morgan fingerprint density at radius 2 is 2.10 bits per heavy atom. The topological polar surface area (TPSA) is 86.8 Å². The SMILES string of the molecule is CCCCN(CCO)c1ccc(C(C)O)cc1[N+](=O)[O-]. The zero-order chi connectivity index (χ0) is 15.1. The number of nitrogens with zero attached hydrogens (tertiary/aromatic N) is 2. The van der Waals surface area contributed by atoms with E-state index in [1.54, 1.807) is 19.1 Å². The van der Waals surface area contributed by atoms with Crippen LogP contribution in [0.25, 0.3) is 0 Å². The van der Waals surface area contributed by atoms with Crippen LogP contribution in [0.4, 0.5) is 11.4 Å². The summed E-state index contributed by atoms with van der Waals surface area (Å²) in [7, 11) is 0. The van der Waals surface area contributed by atoms with Crippen LogP contribution < -0.4 is 4.90 Å². The average molecular weight is 282 g/mol. The number of benzene rings is 1. The molecule has 2 N–H and O–H groups in total. The van der Waals surface area contributed by atoms with Crippen LogP contribution >= 0.6 is 0 Å². The number of rotatable bonds is 8. The Hall–Kier alpha value is -1.66.